The molecule has 6 heteroatoms. The van der Waals surface area contributed by atoms with Crippen LogP contribution in [0.2, 0.25) is 0 Å². The minimum Gasteiger partial charge on any atom is -0.497 e. The molecule has 6 nitrogen and oxygen atoms in total. The summed E-state index contributed by atoms with van der Waals surface area (Å²) < 4.78 is 7.24. The van der Waals surface area contributed by atoms with Gasteiger partial charge in [0.1, 0.15) is 17.0 Å². The van der Waals surface area contributed by atoms with E-state index in [2.05, 4.69) is 5.32 Å². The number of methoxy groups -OCH3 is 1. The molecule has 1 aliphatic heterocycles. The second-order valence-electron chi connectivity index (χ2n) is 8.86. The number of ether oxygens (including phenoxy) is 1. The summed E-state index contributed by atoms with van der Waals surface area (Å²) in [6, 6.07) is 27.2. The van der Waals surface area contributed by atoms with Gasteiger partial charge < -0.3 is 19.5 Å². The lowest BCUT2D eigenvalue weighted by Crippen LogP contribution is -2.63. The minimum absolute atomic E-state index is 0.157. The SMILES string of the molecule is COc1ccc(CN2C(=O)c3cc4ccccc4n3CC2(C)C(=O)NCc2ccccc2)cc1. The van der Waals surface area contributed by atoms with Crippen LogP contribution in [0.5, 0.6) is 5.75 Å². The number of para-hydroxylation sites is 1. The monoisotopic (exact) mass is 453 g/mol. The van der Waals surface area contributed by atoms with Gasteiger partial charge in [0.15, 0.2) is 0 Å². The zero-order valence-corrected chi connectivity index (χ0v) is 19.3. The van der Waals surface area contributed by atoms with E-state index in [0.29, 0.717) is 25.3 Å². The Hall–Kier alpha value is -4.06. The Balaban J connectivity index is 1.52. The van der Waals surface area contributed by atoms with Crippen LogP contribution in [0.1, 0.15) is 28.5 Å². The van der Waals surface area contributed by atoms with Crippen molar-refractivity contribution >= 4 is 22.7 Å². The number of fused-ring (bicyclic) bond motifs is 3. The van der Waals surface area contributed by atoms with Gasteiger partial charge in [-0.15, -0.1) is 0 Å². The molecule has 1 aliphatic rings. The molecular weight excluding hydrogens is 426 g/mol. The molecule has 1 aromatic heterocycles. The maximum atomic E-state index is 13.8. The van der Waals surface area contributed by atoms with Gasteiger partial charge in [0.05, 0.1) is 13.7 Å². The molecule has 0 aliphatic carbocycles. The lowest BCUT2D eigenvalue weighted by atomic mass is 9.93. The molecule has 34 heavy (non-hydrogen) atoms. The third kappa shape index (κ3) is 3.81. The number of nitrogens with one attached hydrogen (secondary N) is 1. The summed E-state index contributed by atoms with van der Waals surface area (Å²) >= 11 is 0. The fourth-order valence-corrected chi connectivity index (χ4v) is 4.64. The first-order chi connectivity index (χ1) is 16.5. The van der Waals surface area contributed by atoms with E-state index in [1.54, 1.807) is 12.0 Å². The van der Waals surface area contributed by atoms with Crippen LogP contribution in [0.25, 0.3) is 10.9 Å². The van der Waals surface area contributed by atoms with Gasteiger partial charge in [-0.25, -0.2) is 0 Å². The van der Waals surface area contributed by atoms with Gasteiger partial charge in [-0.1, -0.05) is 60.7 Å². The molecule has 0 saturated heterocycles. The van der Waals surface area contributed by atoms with Gasteiger partial charge in [0, 0.05) is 24.0 Å². The molecule has 0 spiro atoms. The van der Waals surface area contributed by atoms with E-state index >= 15 is 0 Å². The molecule has 0 saturated carbocycles. The number of carbonyl (C=O) groups excluding carboxylic acids is 2. The molecule has 1 N–H and O–H groups in total. The molecule has 0 bridgehead atoms. The minimum atomic E-state index is -1.07. The van der Waals surface area contributed by atoms with Gasteiger partial charge in [-0.2, -0.15) is 0 Å². The summed E-state index contributed by atoms with van der Waals surface area (Å²) in [5.74, 6) is 0.412. The van der Waals surface area contributed by atoms with Crippen molar-refractivity contribution in [1.82, 2.24) is 14.8 Å². The molecule has 0 radical (unpaired) electrons. The number of benzene rings is 3. The first-order valence-corrected chi connectivity index (χ1v) is 11.3. The lowest BCUT2D eigenvalue weighted by Gasteiger charge is -2.44. The molecular formula is C28H27N3O3. The van der Waals surface area contributed by atoms with Crippen LogP contribution in [0.15, 0.2) is 84.9 Å². The predicted molar refractivity (Wildman–Crippen MR) is 131 cm³/mol. The van der Waals surface area contributed by atoms with E-state index in [1.165, 1.54) is 0 Å². The summed E-state index contributed by atoms with van der Waals surface area (Å²) in [5.41, 5.74) is 2.43. The summed E-state index contributed by atoms with van der Waals surface area (Å²) in [6.07, 6.45) is 0. The van der Waals surface area contributed by atoms with Crippen LogP contribution in [0.3, 0.4) is 0 Å². The first-order valence-electron chi connectivity index (χ1n) is 11.3. The van der Waals surface area contributed by atoms with E-state index in [4.69, 9.17) is 4.74 Å². The van der Waals surface area contributed by atoms with Gasteiger partial charge in [-0.05, 0) is 42.3 Å². The molecule has 0 fully saturated rings. The van der Waals surface area contributed by atoms with Gasteiger partial charge in [-0.3, -0.25) is 9.59 Å². The maximum absolute atomic E-state index is 13.8. The van der Waals surface area contributed by atoms with Crippen LogP contribution < -0.4 is 10.1 Å². The summed E-state index contributed by atoms with van der Waals surface area (Å²) in [5, 5.41) is 4.06. The van der Waals surface area contributed by atoms with E-state index in [1.807, 2.05) is 96.4 Å². The third-order valence-electron chi connectivity index (χ3n) is 6.62. The van der Waals surface area contributed by atoms with Crippen molar-refractivity contribution in [3.8, 4) is 5.75 Å². The quantitative estimate of drug-likeness (QED) is 0.471. The largest absolute Gasteiger partial charge is 0.497 e. The Kier molecular flexibility index (Phi) is 5.57. The van der Waals surface area contributed by atoms with Crippen molar-refractivity contribution in [2.45, 2.75) is 32.1 Å². The Bertz CT molecular complexity index is 1340. The summed E-state index contributed by atoms with van der Waals surface area (Å²) in [6.45, 7) is 2.95. The molecule has 2 heterocycles. The maximum Gasteiger partial charge on any atom is 0.271 e. The van der Waals surface area contributed by atoms with Crippen molar-refractivity contribution in [3.63, 3.8) is 0 Å². The zero-order valence-electron chi connectivity index (χ0n) is 19.3. The highest BCUT2D eigenvalue weighted by molar-refractivity contribution is 6.03. The molecule has 5 rings (SSSR count). The molecule has 2 amide bonds. The highest BCUT2D eigenvalue weighted by atomic mass is 16.5. The van der Waals surface area contributed by atoms with Crippen molar-refractivity contribution in [2.24, 2.45) is 0 Å². The Morgan fingerprint density at radius 2 is 1.68 bits per heavy atom. The Morgan fingerprint density at radius 1 is 0.971 bits per heavy atom. The topological polar surface area (TPSA) is 63.6 Å². The Morgan fingerprint density at radius 3 is 2.41 bits per heavy atom. The predicted octanol–water partition coefficient (Wildman–Crippen LogP) is 4.38. The van der Waals surface area contributed by atoms with Crippen LogP contribution in [-0.4, -0.2) is 33.9 Å². The second kappa shape index (κ2) is 8.71. The van der Waals surface area contributed by atoms with Crippen LogP contribution in [0, 0.1) is 0 Å². The molecule has 4 aromatic rings. The van der Waals surface area contributed by atoms with E-state index in [0.717, 1.165) is 27.8 Å². The standard InChI is InChI=1S/C28H27N3O3/c1-28(27(33)29-17-20-8-4-3-5-9-20)19-30-24-11-7-6-10-22(24)16-25(30)26(32)31(28)18-21-12-14-23(34-2)15-13-21/h3-16H,17-19H2,1-2H3,(H,29,33). The van der Waals surface area contributed by atoms with Crippen molar-refractivity contribution in [3.05, 3.63) is 102 Å². The van der Waals surface area contributed by atoms with Gasteiger partial charge in [0.25, 0.3) is 5.91 Å². The van der Waals surface area contributed by atoms with Crippen molar-refractivity contribution < 1.29 is 14.3 Å². The third-order valence-corrected chi connectivity index (χ3v) is 6.62. The van der Waals surface area contributed by atoms with E-state index in [9.17, 15) is 9.59 Å². The average molecular weight is 454 g/mol. The number of hydrogen-bond donors (Lipinski definition) is 1. The smallest absolute Gasteiger partial charge is 0.271 e. The normalized spacial score (nSPS) is 17.5. The van der Waals surface area contributed by atoms with Crippen LogP contribution in [-0.2, 0) is 24.4 Å². The second-order valence-corrected chi connectivity index (χ2v) is 8.86. The van der Waals surface area contributed by atoms with Crippen molar-refractivity contribution in [1.29, 1.82) is 0 Å². The lowest BCUT2D eigenvalue weighted by molar-refractivity contribution is -0.133. The fraction of sp³-hybridized carbons (Fsp3) is 0.214. The van der Waals surface area contributed by atoms with E-state index < -0.39 is 5.54 Å². The van der Waals surface area contributed by atoms with Crippen LogP contribution >= 0.6 is 0 Å². The zero-order chi connectivity index (χ0) is 23.7. The number of aromatic nitrogens is 1. The first kappa shape index (κ1) is 21.8. The summed E-state index contributed by atoms with van der Waals surface area (Å²) in [7, 11) is 1.62. The molecule has 1 atom stereocenters. The molecule has 1 unspecified atom stereocenters. The number of carbonyl (C=O) groups is 2. The molecule has 172 valence electrons. The highest BCUT2D eigenvalue weighted by Gasteiger charge is 2.47. The van der Waals surface area contributed by atoms with Crippen molar-refractivity contribution in [2.75, 3.05) is 7.11 Å². The fourth-order valence-electron chi connectivity index (χ4n) is 4.64. The number of nitrogens with zero attached hydrogens (tertiary/aromatic N) is 2. The number of hydrogen-bond acceptors (Lipinski definition) is 3. The summed E-state index contributed by atoms with van der Waals surface area (Å²) in [4.78, 5) is 29.2. The van der Waals surface area contributed by atoms with Gasteiger partial charge in [0.2, 0.25) is 5.91 Å². The Labute approximate surface area is 198 Å². The van der Waals surface area contributed by atoms with Gasteiger partial charge >= 0.3 is 0 Å². The highest BCUT2D eigenvalue weighted by Crippen LogP contribution is 2.33. The average Bonchev–Trinajstić information content (AvgIpc) is 3.24. The number of rotatable bonds is 6. The number of amides is 2. The van der Waals surface area contributed by atoms with Crippen LogP contribution in [0.4, 0.5) is 0 Å². The molecule has 3 aromatic carbocycles. The van der Waals surface area contributed by atoms with E-state index in [-0.39, 0.29) is 11.8 Å².